The summed E-state index contributed by atoms with van der Waals surface area (Å²) in [6.07, 6.45) is 9.41. The lowest BCUT2D eigenvalue weighted by Gasteiger charge is -2.20. The van der Waals surface area contributed by atoms with Crippen LogP contribution in [-0.2, 0) is 5.75 Å². The molecule has 2 saturated carbocycles. The van der Waals surface area contributed by atoms with Gasteiger partial charge in [-0.2, -0.15) is 11.8 Å². The van der Waals surface area contributed by atoms with Gasteiger partial charge >= 0.3 is 0 Å². The molecule has 3 rings (SSSR count). The molecule has 1 aromatic rings. The van der Waals surface area contributed by atoms with Gasteiger partial charge in [0.25, 0.3) is 0 Å². The Hall–Kier alpha value is -0.810. The van der Waals surface area contributed by atoms with Gasteiger partial charge in [-0.05, 0) is 25.7 Å². The van der Waals surface area contributed by atoms with E-state index >= 15 is 0 Å². The Balaban J connectivity index is 1.63. The highest BCUT2D eigenvalue weighted by atomic mass is 32.2. The molecule has 0 aromatic carbocycles. The van der Waals surface area contributed by atoms with E-state index in [1.54, 1.807) is 0 Å². The first-order chi connectivity index (χ1) is 9.35. The van der Waals surface area contributed by atoms with E-state index in [1.165, 1.54) is 50.6 Å². The molecular weight excluding hydrogens is 256 g/mol. The number of hydrazine groups is 1. The van der Waals surface area contributed by atoms with Gasteiger partial charge in [-0.3, -0.25) is 0 Å². The summed E-state index contributed by atoms with van der Waals surface area (Å²) in [4.78, 5) is 9.18. The number of thioether (sulfide) groups is 1. The summed E-state index contributed by atoms with van der Waals surface area (Å²) in [5.74, 6) is 8.76. The van der Waals surface area contributed by atoms with Crippen LogP contribution < -0.4 is 11.3 Å². The zero-order valence-corrected chi connectivity index (χ0v) is 12.1. The van der Waals surface area contributed by atoms with Gasteiger partial charge in [0.15, 0.2) is 0 Å². The third kappa shape index (κ3) is 3.60. The van der Waals surface area contributed by atoms with Gasteiger partial charge in [0, 0.05) is 22.9 Å². The number of nitrogens with two attached hydrogens (primary N) is 1. The molecule has 3 N–H and O–H groups in total. The van der Waals surface area contributed by atoms with Crippen LogP contribution in [0.2, 0.25) is 0 Å². The Morgan fingerprint density at radius 1 is 1.16 bits per heavy atom. The quantitative estimate of drug-likeness (QED) is 0.639. The van der Waals surface area contributed by atoms with Crippen LogP contribution in [-0.4, -0.2) is 15.2 Å². The minimum absolute atomic E-state index is 0.647. The molecule has 0 spiro atoms. The monoisotopic (exact) mass is 278 g/mol. The lowest BCUT2D eigenvalue weighted by Crippen LogP contribution is -2.12. The van der Waals surface area contributed by atoms with Crippen LogP contribution in [0.4, 0.5) is 5.82 Å². The standard InChI is InChI=1S/C14H22N4S/c15-18-13-8-12(10-6-7-10)16-14(17-13)9-19-11-4-2-1-3-5-11/h8,10-11H,1-7,9,15H2,(H,16,17,18). The summed E-state index contributed by atoms with van der Waals surface area (Å²) in [7, 11) is 0. The molecular formula is C14H22N4S. The normalized spacial score (nSPS) is 20.5. The van der Waals surface area contributed by atoms with Crippen molar-refractivity contribution in [2.75, 3.05) is 5.43 Å². The SMILES string of the molecule is NNc1cc(C2CC2)nc(CSC2CCCCC2)n1. The molecule has 0 atom stereocenters. The highest BCUT2D eigenvalue weighted by Gasteiger charge is 2.26. The number of nitrogen functional groups attached to an aromatic ring is 1. The number of nitrogens with one attached hydrogen (secondary N) is 1. The van der Waals surface area contributed by atoms with Crippen LogP contribution in [0.3, 0.4) is 0 Å². The molecule has 0 saturated heterocycles. The molecule has 1 heterocycles. The molecule has 104 valence electrons. The summed E-state index contributed by atoms with van der Waals surface area (Å²) < 4.78 is 0. The van der Waals surface area contributed by atoms with E-state index in [0.29, 0.717) is 5.92 Å². The van der Waals surface area contributed by atoms with E-state index < -0.39 is 0 Å². The highest BCUT2D eigenvalue weighted by molar-refractivity contribution is 7.99. The van der Waals surface area contributed by atoms with Crippen LogP contribution >= 0.6 is 11.8 Å². The average Bonchev–Trinajstić information content (AvgIpc) is 3.30. The summed E-state index contributed by atoms with van der Waals surface area (Å²) in [6, 6.07) is 1.99. The summed E-state index contributed by atoms with van der Waals surface area (Å²) in [6.45, 7) is 0. The van der Waals surface area contributed by atoms with Gasteiger partial charge in [0.1, 0.15) is 11.6 Å². The van der Waals surface area contributed by atoms with Gasteiger partial charge in [-0.15, -0.1) is 0 Å². The van der Waals surface area contributed by atoms with Crippen LogP contribution in [0.1, 0.15) is 62.4 Å². The smallest absolute Gasteiger partial charge is 0.143 e. The number of hydrogen-bond donors (Lipinski definition) is 2. The van der Waals surface area contributed by atoms with E-state index in [0.717, 1.165) is 22.6 Å². The van der Waals surface area contributed by atoms with Gasteiger partial charge in [0.05, 0.1) is 5.75 Å². The minimum Gasteiger partial charge on any atom is -0.308 e. The van der Waals surface area contributed by atoms with Crippen molar-refractivity contribution in [3.8, 4) is 0 Å². The summed E-state index contributed by atoms with van der Waals surface area (Å²) in [5, 5.41) is 0.802. The highest BCUT2D eigenvalue weighted by Crippen LogP contribution is 2.39. The lowest BCUT2D eigenvalue weighted by atomic mass is 10.0. The zero-order valence-electron chi connectivity index (χ0n) is 11.3. The molecule has 0 amide bonds. The topological polar surface area (TPSA) is 63.8 Å². The molecule has 19 heavy (non-hydrogen) atoms. The van der Waals surface area contributed by atoms with Crippen LogP contribution in [0.15, 0.2) is 6.07 Å². The van der Waals surface area contributed by atoms with Crippen molar-refractivity contribution in [3.05, 3.63) is 17.6 Å². The number of anilines is 1. The van der Waals surface area contributed by atoms with Crippen molar-refractivity contribution in [2.24, 2.45) is 5.84 Å². The Bertz CT molecular complexity index is 427. The number of hydrogen-bond acceptors (Lipinski definition) is 5. The largest absolute Gasteiger partial charge is 0.308 e. The maximum absolute atomic E-state index is 5.50. The molecule has 0 bridgehead atoms. The number of aromatic nitrogens is 2. The second-order valence-electron chi connectivity index (χ2n) is 5.58. The van der Waals surface area contributed by atoms with E-state index in [-0.39, 0.29) is 0 Å². The van der Waals surface area contributed by atoms with Gasteiger partial charge in [0.2, 0.25) is 0 Å². The Morgan fingerprint density at radius 2 is 1.95 bits per heavy atom. The molecule has 0 aliphatic heterocycles. The van der Waals surface area contributed by atoms with Crippen LogP contribution in [0, 0.1) is 0 Å². The second-order valence-corrected chi connectivity index (χ2v) is 6.87. The molecule has 0 unspecified atom stereocenters. The Labute approximate surface area is 118 Å². The molecule has 2 aliphatic rings. The Kier molecular flexibility index (Phi) is 4.23. The van der Waals surface area contributed by atoms with Crippen LogP contribution in [0.5, 0.6) is 0 Å². The summed E-state index contributed by atoms with van der Waals surface area (Å²) >= 11 is 2.02. The fourth-order valence-electron chi connectivity index (χ4n) is 2.67. The maximum atomic E-state index is 5.50. The first kappa shape index (κ1) is 13.2. The van der Waals surface area contributed by atoms with Crippen LogP contribution in [0.25, 0.3) is 0 Å². The predicted molar refractivity (Wildman–Crippen MR) is 80.0 cm³/mol. The van der Waals surface area contributed by atoms with Crippen molar-refractivity contribution >= 4 is 17.6 Å². The fraction of sp³-hybridized carbons (Fsp3) is 0.714. The molecule has 0 radical (unpaired) electrons. The molecule has 2 fully saturated rings. The summed E-state index contributed by atoms with van der Waals surface area (Å²) in [5.41, 5.74) is 3.84. The average molecular weight is 278 g/mol. The van der Waals surface area contributed by atoms with Crippen molar-refractivity contribution in [1.82, 2.24) is 9.97 Å². The fourth-order valence-corrected chi connectivity index (χ4v) is 3.85. The van der Waals surface area contributed by atoms with Crippen molar-refractivity contribution in [3.63, 3.8) is 0 Å². The van der Waals surface area contributed by atoms with Gasteiger partial charge in [-0.1, -0.05) is 19.3 Å². The van der Waals surface area contributed by atoms with E-state index in [1.807, 2.05) is 17.8 Å². The van der Waals surface area contributed by atoms with Crippen molar-refractivity contribution in [2.45, 2.75) is 61.9 Å². The Morgan fingerprint density at radius 3 is 2.63 bits per heavy atom. The van der Waals surface area contributed by atoms with Crippen molar-refractivity contribution in [1.29, 1.82) is 0 Å². The number of nitrogens with zero attached hydrogens (tertiary/aromatic N) is 2. The molecule has 1 aromatic heterocycles. The molecule has 4 nitrogen and oxygen atoms in total. The van der Waals surface area contributed by atoms with E-state index in [2.05, 4.69) is 10.4 Å². The molecule has 2 aliphatic carbocycles. The minimum atomic E-state index is 0.647. The first-order valence-electron chi connectivity index (χ1n) is 7.31. The number of rotatable bonds is 5. The third-order valence-electron chi connectivity index (χ3n) is 3.94. The maximum Gasteiger partial charge on any atom is 0.143 e. The lowest BCUT2D eigenvalue weighted by molar-refractivity contribution is 0.516. The predicted octanol–water partition coefficient (Wildman–Crippen LogP) is 3.21. The zero-order chi connectivity index (χ0) is 13.1. The van der Waals surface area contributed by atoms with Crippen molar-refractivity contribution < 1.29 is 0 Å². The molecule has 5 heteroatoms. The first-order valence-corrected chi connectivity index (χ1v) is 8.36. The van der Waals surface area contributed by atoms with Gasteiger partial charge < -0.3 is 5.43 Å². The third-order valence-corrected chi connectivity index (χ3v) is 5.30. The van der Waals surface area contributed by atoms with E-state index in [9.17, 15) is 0 Å². The van der Waals surface area contributed by atoms with E-state index in [4.69, 9.17) is 10.8 Å². The second kappa shape index (κ2) is 6.09. The van der Waals surface area contributed by atoms with Gasteiger partial charge in [-0.25, -0.2) is 15.8 Å².